The van der Waals surface area contributed by atoms with Crippen LogP contribution < -0.4 is 5.30 Å². The van der Waals surface area contributed by atoms with E-state index in [-0.39, 0.29) is 18.8 Å². The van der Waals surface area contributed by atoms with Gasteiger partial charge in [0.05, 0.1) is 0 Å². The highest BCUT2D eigenvalue weighted by molar-refractivity contribution is 9.08. The van der Waals surface area contributed by atoms with Crippen LogP contribution >= 0.6 is 24.0 Å². The average molecular weight is 394 g/mol. The first kappa shape index (κ1) is 18.0. The van der Waals surface area contributed by atoms with Gasteiger partial charge in [-0.2, -0.15) is 0 Å². The Morgan fingerprint density at radius 2 is 1.74 bits per heavy atom. The summed E-state index contributed by atoms with van der Waals surface area (Å²) < 4.78 is 17.3. The summed E-state index contributed by atoms with van der Waals surface area (Å²) in [4.78, 5) is 12.4. The van der Waals surface area contributed by atoms with Gasteiger partial charge in [0.2, 0.25) is 5.30 Å². The van der Waals surface area contributed by atoms with E-state index in [9.17, 15) is 9.36 Å². The Morgan fingerprint density at radius 3 is 2.30 bits per heavy atom. The predicted octanol–water partition coefficient (Wildman–Crippen LogP) is 4.86. The fourth-order valence-electron chi connectivity index (χ4n) is 2.54. The van der Waals surface area contributed by atoms with E-state index >= 15 is 0 Å². The lowest BCUT2D eigenvalue weighted by Crippen LogP contribution is -2.08. The molecule has 120 valence electrons. The Bertz CT molecular complexity index is 690. The van der Waals surface area contributed by atoms with Crippen LogP contribution in [0.1, 0.15) is 33.5 Å². The molecule has 0 saturated heterocycles. The van der Waals surface area contributed by atoms with Gasteiger partial charge >= 0.3 is 8.03 Å². The summed E-state index contributed by atoms with van der Waals surface area (Å²) in [5.74, 6) is 0.0255. The number of carbonyl (C=O) groups excluding carboxylic acids is 1. The van der Waals surface area contributed by atoms with Crippen LogP contribution in [-0.4, -0.2) is 12.4 Å². The Kier molecular flexibility index (Phi) is 6.64. The van der Waals surface area contributed by atoms with Crippen molar-refractivity contribution in [2.45, 2.75) is 25.6 Å². The van der Waals surface area contributed by atoms with Gasteiger partial charge in [-0.05, 0) is 47.2 Å². The lowest BCUT2D eigenvalue weighted by Gasteiger charge is -2.10. The molecule has 2 aromatic carbocycles. The Morgan fingerprint density at radius 1 is 1.13 bits per heavy atom. The fourth-order valence-corrected chi connectivity index (χ4v) is 3.69. The molecule has 0 aromatic heterocycles. The van der Waals surface area contributed by atoms with E-state index in [4.69, 9.17) is 4.52 Å². The van der Waals surface area contributed by atoms with Gasteiger partial charge in [0.1, 0.15) is 6.61 Å². The summed E-state index contributed by atoms with van der Waals surface area (Å²) in [7, 11) is -1.91. The molecule has 0 aliphatic heterocycles. The van der Waals surface area contributed by atoms with Crippen LogP contribution in [0.4, 0.5) is 0 Å². The quantitative estimate of drug-likeness (QED) is 0.383. The van der Waals surface area contributed by atoms with Gasteiger partial charge in [0, 0.05) is 17.3 Å². The van der Waals surface area contributed by atoms with Crippen LogP contribution in [0.2, 0.25) is 0 Å². The number of alkyl halides is 1. The zero-order valence-electron chi connectivity index (χ0n) is 13.2. The number of rotatable bonds is 7. The zero-order chi connectivity index (χ0) is 16.8. The highest BCUT2D eigenvalue weighted by Gasteiger charge is 2.22. The molecular formula is C18H19BrO3P+. The third-order valence-corrected chi connectivity index (χ3v) is 5.31. The molecule has 1 unspecified atom stereocenters. The topological polar surface area (TPSA) is 43.4 Å². The normalized spacial score (nSPS) is 11.3. The maximum atomic E-state index is 12.4. The van der Waals surface area contributed by atoms with E-state index in [1.165, 1.54) is 0 Å². The Labute approximate surface area is 146 Å². The minimum absolute atomic E-state index is 0.0255. The molecule has 2 rings (SSSR count). The SMILES string of the molecule is Cc1cc(CBr)cc(C)c1C(=O)CCO[P+](=O)c1ccccc1. The molecule has 5 heteroatoms. The molecule has 0 aliphatic carbocycles. The zero-order valence-corrected chi connectivity index (χ0v) is 15.7. The van der Waals surface area contributed by atoms with Gasteiger partial charge in [-0.3, -0.25) is 4.79 Å². The minimum Gasteiger partial charge on any atom is -0.294 e. The second-order valence-electron chi connectivity index (χ2n) is 5.34. The van der Waals surface area contributed by atoms with Crippen LogP contribution in [-0.2, 0) is 14.4 Å². The lowest BCUT2D eigenvalue weighted by atomic mass is 9.95. The molecule has 0 spiro atoms. The van der Waals surface area contributed by atoms with Gasteiger partial charge in [0.25, 0.3) is 0 Å². The first-order valence-corrected chi connectivity index (χ1v) is 9.67. The summed E-state index contributed by atoms with van der Waals surface area (Å²) in [5.41, 5.74) is 3.84. The van der Waals surface area contributed by atoms with Crippen molar-refractivity contribution >= 4 is 35.0 Å². The van der Waals surface area contributed by atoms with Crippen molar-refractivity contribution in [3.05, 3.63) is 64.7 Å². The van der Waals surface area contributed by atoms with Gasteiger partial charge in [-0.15, -0.1) is 4.52 Å². The molecule has 23 heavy (non-hydrogen) atoms. The molecule has 0 amide bonds. The van der Waals surface area contributed by atoms with Gasteiger partial charge < -0.3 is 0 Å². The summed E-state index contributed by atoms with van der Waals surface area (Å²) in [6.07, 6.45) is 0.225. The summed E-state index contributed by atoms with van der Waals surface area (Å²) in [6, 6.07) is 13.0. The van der Waals surface area contributed by atoms with Crippen molar-refractivity contribution in [3.63, 3.8) is 0 Å². The number of Topliss-reactive ketones (excluding diaryl/α,β-unsaturated/α-hetero) is 1. The number of ketones is 1. The van der Waals surface area contributed by atoms with Crippen molar-refractivity contribution in [1.29, 1.82) is 0 Å². The number of hydrogen-bond donors (Lipinski definition) is 0. The monoisotopic (exact) mass is 393 g/mol. The van der Waals surface area contributed by atoms with E-state index < -0.39 is 8.03 Å². The lowest BCUT2D eigenvalue weighted by molar-refractivity contribution is 0.0963. The van der Waals surface area contributed by atoms with E-state index in [0.29, 0.717) is 5.30 Å². The third kappa shape index (κ3) is 4.81. The second kappa shape index (κ2) is 8.49. The summed E-state index contributed by atoms with van der Waals surface area (Å²) in [6.45, 7) is 4.04. The highest BCUT2D eigenvalue weighted by atomic mass is 79.9. The molecule has 0 fully saturated rings. The second-order valence-corrected chi connectivity index (χ2v) is 7.19. The first-order chi connectivity index (χ1) is 11.0. The molecule has 1 atom stereocenters. The van der Waals surface area contributed by atoms with Crippen LogP contribution in [0.3, 0.4) is 0 Å². The summed E-state index contributed by atoms with van der Waals surface area (Å²) >= 11 is 3.43. The molecule has 0 heterocycles. The van der Waals surface area contributed by atoms with Crippen LogP contribution in [0, 0.1) is 13.8 Å². The highest BCUT2D eigenvalue weighted by Crippen LogP contribution is 2.23. The fraction of sp³-hybridized carbons (Fsp3) is 0.278. The van der Waals surface area contributed by atoms with Crippen molar-refractivity contribution in [2.75, 3.05) is 6.61 Å². The molecular weight excluding hydrogens is 375 g/mol. The van der Waals surface area contributed by atoms with E-state index in [1.54, 1.807) is 12.1 Å². The molecule has 2 aromatic rings. The van der Waals surface area contributed by atoms with Gasteiger partial charge in [-0.1, -0.05) is 46.3 Å². The van der Waals surface area contributed by atoms with Crippen molar-refractivity contribution in [2.24, 2.45) is 0 Å². The molecule has 0 bridgehead atoms. The number of halogens is 1. The predicted molar refractivity (Wildman–Crippen MR) is 97.1 cm³/mol. The standard InChI is InChI=1S/C18H19BrO3P/c1-13-10-15(12-19)11-14(2)18(13)17(20)8-9-22-23(21)16-6-4-3-5-7-16/h3-7,10-11H,8-9,12H2,1-2H3/q+1. The maximum Gasteiger partial charge on any atom is 0.548 e. The number of aryl methyl sites for hydroxylation is 2. The third-order valence-electron chi connectivity index (χ3n) is 3.53. The molecule has 0 N–H and O–H groups in total. The van der Waals surface area contributed by atoms with Gasteiger partial charge in [0.15, 0.2) is 5.78 Å². The first-order valence-electron chi connectivity index (χ1n) is 7.37. The van der Waals surface area contributed by atoms with Crippen LogP contribution in [0.5, 0.6) is 0 Å². The Hall–Kier alpha value is -1.35. The van der Waals surface area contributed by atoms with Gasteiger partial charge in [-0.25, -0.2) is 0 Å². The van der Waals surface area contributed by atoms with Crippen LogP contribution in [0.15, 0.2) is 42.5 Å². The number of benzene rings is 2. The van der Waals surface area contributed by atoms with Crippen molar-refractivity contribution < 1.29 is 13.9 Å². The van der Waals surface area contributed by atoms with Crippen molar-refractivity contribution in [3.8, 4) is 0 Å². The molecule has 0 radical (unpaired) electrons. The largest absolute Gasteiger partial charge is 0.548 e. The van der Waals surface area contributed by atoms with E-state index in [0.717, 1.165) is 27.6 Å². The van der Waals surface area contributed by atoms with E-state index in [2.05, 4.69) is 15.9 Å². The Balaban J connectivity index is 1.97. The molecule has 3 nitrogen and oxygen atoms in total. The summed E-state index contributed by atoms with van der Waals surface area (Å²) in [5, 5.41) is 1.41. The average Bonchev–Trinajstić information content (AvgIpc) is 2.54. The maximum absolute atomic E-state index is 12.4. The van der Waals surface area contributed by atoms with Crippen LogP contribution in [0.25, 0.3) is 0 Å². The number of carbonyl (C=O) groups is 1. The molecule has 0 saturated carbocycles. The smallest absolute Gasteiger partial charge is 0.294 e. The van der Waals surface area contributed by atoms with E-state index in [1.807, 2.05) is 44.2 Å². The van der Waals surface area contributed by atoms with Crippen molar-refractivity contribution in [1.82, 2.24) is 0 Å². The minimum atomic E-state index is -1.91. The number of hydrogen-bond acceptors (Lipinski definition) is 3. The molecule has 0 aliphatic rings.